The third-order valence-corrected chi connectivity index (χ3v) is 18.6. The van der Waals surface area contributed by atoms with E-state index in [2.05, 4.69) is 127 Å². The minimum absolute atomic E-state index is 0.357. The molecule has 0 heterocycles. The predicted octanol–water partition coefficient (Wildman–Crippen LogP) is 7.22. The van der Waals surface area contributed by atoms with Gasteiger partial charge in [0.05, 0.1) is 0 Å². The summed E-state index contributed by atoms with van der Waals surface area (Å²) >= 11 is 29.5. The van der Waals surface area contributed by atoms with E-state index < -0.39 is 18.5 Å². The van der Waals surface area contributed by atoms with Crippen molar-refractivity contribution in [1.29, 1.82) is 0 Å². The summed E-state index contributed by atoms with van der Waals surface area (Å²) in [7, 11) is 0. The number of halogens is 8. The fourth-order valence-electron chi connectivity index (χ4n) is 2.28. The van der Waals surface area contributed by atoms with Crippen LogP contribution in [0.3, 0.4) is 0 Å². The van der Waals surface area contributed by atoms with E-state index in [0.717, 1.165) is 5.56 Å². The number of alkyl halides is 8. The molecule has 0 bridgehead atoms. The molecule has 9 heteroatoms. The van der Waals surface area contributed by atoms with Crippen LogP contribution in [0, 0.1) is 0 Å². The van der Waals surface area contributed by atoms with E-state index in [9.17, 15) is 5.11 Å². The Morgan fingerprint density at radius 2 is 1.24 bits per heavy atom. The smallest absolute Gasteiger partial charge is 0.143 e. The van der Waals surface area contributed by atoms with Gasteiger partial charge in [-0.2, -0.15) is 0 Å². The highest BCUT2D eigenvalue weighted by Gasteiger charge is 2.76. The lowest BCUT2D eigenvalue weighted by molar-refractivity contribution is 0.0656. The van der Waals surface area contributed by atoms with Crippen molar-refractivity contribution in [3.8, 4) is 0 Å². The van der Waals surface area contributed by atoms with Crippen molar-refractivity contribution in [3.05, 3.63) is 35.9 Å². The molecule has 1 saturated carbocycles. The van der Waals surface area contributed by atoms with Gasteiger partial charge >= 0.3 is 0 Å². The lowest BCUT2D eigenvalue weighted by Crippen LogP contribution is -2.70. The summed E-state index contributed by atoms with van der Waals surface area (Å²) in [6.07, 6.45) is 0.357. The predicted molar refractivity (Wildman–Crippen MR) is 117 cm³/mol. The van der Waals surface area contributed by atoms with Crippen LogP contribution in [-0.4, -0.2) is 19.3 Å². The number of benzene rings is 1. The summed E-state index contributed by atoms with van der Waals surface area (Å²) in [5, 5.41) is 11.2. The van der Waals surface area contributed by atoms with E-state index in [4.69, 9.17) is 0 Å². The van der Waals surface area contributed by atoms with Crippen molar-refractivity contribution in [1.82, 2.24) is 0 Å². The minimum atomic E-state index is -1.26. The van der Waals surface area contributed by atoms with E-state index in [1.165, 1.54) is 0 Å². The minimum Gasteiger partial charge on any atom is -0.377 e. The first-order valence-electron chi connectivity index (χ1n) is 5.60. The molecule has 2 unspecified atom stereocenters. The highest BCUT2D eigenvalue weighted by atomic mass is 79.9. The van der Waals surface area contributed by atoms with Gasteiger partial charge in [-0.1, -0.05) is 158 Å². The van der Waals surface area contributed by atoms with Crippen LogP contribution >= 0.6 is 127 Å². The quantitative estimate of drug-likeness (QED) is 0.298. The first kappa shape index (κ1) is 20.3. The fourth-order valence-corrected chi connectivity index (χ4v) is 10.9. The molecule has 0 aliphatic heterocycles. The van der Waals surface area contributed by atoms with Gasteiger partial charge in [0.1, 0.15) is 18.5 Å². The molecular formula is C12H8Br8O. The molecular weight excluding hydrogens is 799 g/mol. The number of hydrogen-bond acceptors (Lipinski definition) is 1. The third-order valence-electron chi connectivity index (χ3n) is 3.44. The number of hydrogen-bond donors (Lipinski definition) is 1. The summed E-state index contributed by atoms with van der Waals surface area (Å²) in [5.74, 6) is 0. The van der Waals surface area contributed by atoms with Gasteiger partial charge in [0, 0.05) is 6.42 Å². The Labute approximate surface area is 190 Å². The van der Waals surface area contributed by atoms with E-state index in [1.807, 2.05) is 30.3 Å². The lowest BCUT2D eigenvalue weighted by Gasteiger charge is -2.61. The largest absolute Gasteiger partial charge is 0.377 e. The van der Waals surface area contributed by atoms with Crippen LogP contribution in [0.1, 0.15) is 12.0 Å². The molecule has 0 radical (unpaired) electrons. The second-order valence-electron chi connectivity index (χ2n) is 4.81. The molecule has 1 aliphatic rings. The molecule has 1 nitrogen and oxygen atoms in total. The van der Waals surface area contributed by atoms with Crippen molar-refractivity contribution >= 4 is 127 Å². The molecule has 0 spiro atoms. The summed E-state index contributed by atoms with van der Waals surface area (Å²) < 4.78 is -4.27. The topological polar surface area (TPSA) is 20.2 Å². The molecule has 0 saturated heterocycles. The first-order valence-corrected chi connectivity index (χ1v) is 11.9. The van der Waals surface area contributed by atoms with E-state index in [1.54, 1.807) is 0 Å². The second-order valence-corrected chi connectivity index (χ2v) is 18.0. The van der Waals surface area contributed by atoms with Gasteiger partial charge in [0.15, 0.2) is 0 Å². The lowest BCUT2D eigenvalue weighted by atomic mass is 9.80. The molecule has 1 aromatic rings. The maximum Gasteiger partial charge on any atom is 0.143 e. The van der Waals surface area contributed by atoms with Crippen LogP contribution in [-0.2, 0) is 4.32 Å². The third kappa shape index (κ3) is 2.92. The highest BCUT2D eigenvalue weighted by Crippen LogP contribution is 2.76. The normalized spacial score (nSPS) is 37.2. The van der Waals surface area contributed by atoms with Crippen LogP contribution in [0.5, 0.6) is 0 Å². The average Bonchev–Trinajstić information content (AvgIpc) is 2.35. The fraction of sp³-hybridized carbons (Fsp3) is 0.500. The Morgan fingerprint density at radius 3 is 1.71 bits per heavy atom. The zero-order valence-corrected chi connectivity index (χ0v) is 22.8. The number of aliphatic hydroxyl groups is 1. The van der Waals surface area contributed by atoms with Crippen molar-refractivity contribution in [3.63, 3.8) is 0 Å². The molecule has 1 N–H and O–H groups in total. The van der Waals surface area contributed by atoms with Crippen molar-refractivity contribution in [2.75, 3.05) is 0 Å². The van der Waals surface area contributed by atoms with Crippen LogP contribution in [0.15, 0.2) is 30.3 Å². The first-order chi connectivity index (χ1) is 9.31. The average molecular weight is 807 g/mol. The molecule has 0 amide bonds. The summed E-state index contributed by atoms with van der Waals surface area (Å²) in [6.45, 7) is 0. The zero-order valence-electron chi connectivity index (χ0n) is 10.1. The van der Waals surface area contributed by atoms with Gasteiger partial charge in [-0.3, -0.25) is 0 Å². The Kier molecular flexibility index (Phi) is 6.12. The van der Waals surface area contributed by atoms with Gasteiger partial charge in [0.2, 0.25) is 0 Å². The summed E-state index contributed by atoms with van der Waals surface area (Å²) in [6, 6.07) is 9.74. The van der Waals surface area contributed by atoms with Gasteiger partial charge in [-0.15, -0.1) is 0 Å². The molecule has 2 rings (SSSR count). The monoisotopic (exact) mass is 799 g/mol. The highest BCUT2D eigenvalue weighted by molar-refractivity contribution is 9.33. The number of rotatable bonds is 1. The van der Waals surface area contributed by atoms with E-state index in [-0.39, 0.29) is 0 Å². The Bertz CT molecular complexity index is 541. The molecule has 118 valence electrons. The van der Waals surface area contributed by atoms with Crippen LogP contribution in [0.4, 0.5) is 0 Å². The maximum absolute atomic E-state index is 11.2. The van der Waals surface area contributed by atoms with E-state index >= 15 is 0 Å². The summed E-state index contributed by atoms with van der Waals surface area (Å²) in [4.78, 5) is 0. The van der Waals surface area contributed by atoms with Crippen molar-refractivity contribution < 1.29 is 5.11 Å². The molecule has 1 aliphatic carbocycles. The van der Waals surface area contributed by atoms with Crippen molar-refractivity contribution in [2.24, 2.45) is 0 Å². The Balaban J connectivity index is 2.75. The van der Waals surface area contributed by atoms with E-state index in [0.29, 0.717) is 6.42 Å². The van der Waals surface area contributed by atoms with Gasteiger partial charge in [-0.05, 0) is 5.56 Å². The van der Waals surface area contributed by atoms with Crippen LogP contribution in [0.25, 0.3) is 0 Å². The SMILES string of the molecule is OC1(Br)CC(Br)(Br)C(Br)(Br)C(Br)(Br)C1(Br)c1ccccc1. The Morgan fingerprint density at radius 1 is 0.762 bits per heavy atom. The standard InChI is InChI=1S/C12H8Br8O/c13-8(14)6-9(15,21)10(16,7-4-2-1-3-5-7)12(19,20)11(8,17)18/h1-5,21H,6H2. The zero-order chi connectivity index (χ0) is 16.3. The maximum atomic E-state index is 11.2. The molecule has 2 atom stereocenters. The van der Waals surface area contributed by atoms with Crippen LogP contribution < -0.4 is 0 Å². The molecule has 1 aromatic carbocycles. The molecule has 1 fully saturated rings. The molecule has 0 aromatic heterocycles. The van der Waals surface area contributed by atoms with Crippen molar-refractivity contribution in [2.45, 2.75) is 25.0 Å². The van der Waals surface area contributed by atoms with Gasteiger partial charge in [-0.25, -0.2) is 0 Å². The summed E-state index contributed by atoms with van der Waals surface area (Å²) in [5.41, 5.74) is 0.914. The molecule has 21 heavy (non-hydrogen) atoms. The van der Waals surface area contributed by atoms with Gasteiger partial charge < -0.3 is 5.11 Å². The second kappa shape index (κ2) is 6.32. The Hall–Kier alpha value is 3.02. The van der Waals surface area contributed by atoms with Crippen LogP contribution in [0.2, 0.25) is 0 Å². The van der Waals surface area contributed by atoms with Gasteiger partial charge in [0.25, 0.3) is 0 Å².